The number of rotatable bonds is 14. The Kier molecular flexibility index (Phi) is 17.4. The molecule has 1 aromatic heterocycles. The highest BCUT2D eigenvalue weighted by molar-refractivity contribution is 7.16. The fraction of sp³-hybridized carbons (Fsp3) is 0.243. The predicted octanol–water partition coefficient (Wildman–Crippen LogP) is 5.64. The molecule has 48 heavy (non-hydrogen) atoms. The van der Waals surface area contributed by atoms with Gasteiger partial charge in [-0.25, -0.2) is 4.98 Å². The summed E-state index contributed by atoms with van der Waals surface area (Å²) in [7, 11) is 2.85. The molecular weight excluding hydrogens is 628 g/mol. The van der Waals surface area contributed by atoms with Crippen molar-refractivity contribution in [3.8, 4) is 27.4 Å². The summed E-state index contributed by atoms with van der Waals surface area (Å²) in [5, 5.41) is 24.9. The summed E-state index contributed by atoms with van der Waals surface area (Å²) < 4.78 is 5.50. The van der Waals surface area contributed by atoms with E-state index in [1.54, 1.807) is 35.6 Å². The first-order chi connectivity index (χ1) is 23.4. The second kappa shape index (κ2) is 21.5. The van der Waals surface area contributed by atoms with E-state index >= 15 is 0 Å². The van der Waals surface area contributed by atoms with Crippen LogP contribution in [0.4, 0.5) is 0 Å². The summed E-state index contributed by atoms with van der Waals surface area (Å²) >= 11 is 1.57. The Balaban J connectivity index is 0.00000193. The van der Waals surface area contributed by atoms with Crippen molar-refractivity contribution in [3.63, 3.8) is 0 Å². The minimum absolute atomic E-state index is 0.140. The first-order valence-corrected chi connectivity index (χ1v) is 16.3. The zero-order chi connectivity index (χ0) is 35.3. The molecule has 4 aromatic rings. The van der Waals surface area contributed by atoms with E-state index in [0.717, 1.165) is 51.5 Å². The van der Waals surface area contributed by atoms with Gasteiger partial charge >= 0.3 is 5.97 Å². The number of carbonyl (C=O) groups excluding carboxylic acids is 2. The molecule has 0 unspecified atom stereocenters. The normalized spacial score (nSPS) is 10.6. The average molecular weight is 673 g/mol. The van der Waals surface area contributed by atoms with E-state index in [1.165, 1.54) is 5.56 Å². The molecule has 0 fully saturated rings. The molecule has 1 heterocycles. The quantitative estimate of drug-likeness (QED) is 0.108. The van der Waals surface area contributed by atoms with Gasteiger partial charge in [-0.2, -0.15) is 0 Å². The molecule has 0 aliphatic rings. The summed E-state index contributed by atoms with van der Waals surface area (Å²) in [6.45, 7) is 5.77. The van der Waals surface area contributed by atoms with E-state index in [1.807, 2.05) is 101 Å². The van der Waals surface area contributed by atoms with Gasteiger partial charge in [0.1, 0.15) is 17.3 Å². The van der Waals surface area contributed by atoms with Crippen LogP contribution in [0.2, 0.25) is 0 Å². The van der Waals surface area contributed by atoms with Gasteiger partial charge in [-0.1, -0.05) is 74.5 Å². The lowest BCUT2D eigenvalue weighted by atomic mass is 10.0. The smallest absolute Gasteiger partial charge is 0.322 e. The lowest BCUT2D eigenvalue weighted by molar-refractivity contribution is -0.138. The van der Waals surface area contributed by atoms with E-state index in [9.17, 15) is 14.4 Å². The molecular formula is C37H44N4O6S. The molecule has 0 saturated heterocycles. The third-order valence-electron chi connectivity index (χ3n) is 6.51. The fourth-order valence-electron chi connectivity index (χ4n) is 4.24. The Bertz CT molecular complexity index is 1630. The SMILES string of the molecule is C/C=C(\NC)c1nc(-c2ccc(OCC(=O)NCC(=O)O)cc2)c(-c2ccc(/C=C/C(=O)NCCc3ccccc3)cc2)s1.CC.CO. The molecule has 0 aliphatic heterocycles. The number of hydrogen-bond donors (Lipinski definition) is 5. The minimum Gasteiger partial charge on any atom is -0.484 e. The van der Waals surface area contributed by atoms with Gasteiger partial charge in [-0.05, 0) is 60.4 Å². The Morgan fingerprint density at radius 2 is 1.54 bits per heavy atom. The first-order valence-electron chi connectivity index (χ1n) is 15.5. The highest BCUT2D eigenvalue weighted by Gasteiger charge is 2.17. The Morgan fingerprint density at radius 3 is 2.15 bits per heavy atom. The number of amides is 2. The number of benzene rings is 3. The highest BCUT2D eigenvalue weighted by Crippen LogP contribution is 2.39. The number of allylic oxidation sites excluding steroid dienone is 1. The third-order valence-corrected chi connectivity index (χ3v) is 7.64. The number of nitrogens with one attached hydrogen (secondary N) is 3. The zero-order valence-electron chi connectivity index (χ0n) is 27.9. The predicted molar refractivity (Wildman–Crippen MR) is 194 cm³/mol. The van der Waals surface area contributed by atoms with Crippen LogP contribution in [0.1, 0.15) is 36.9 Å². The summed E-state index contributed by atoms with van der Waals surface area (Å²) in [4.78, 5) is 40.6. The van der Waals surface area contributed by atoms with Crippen molar-refractivity contribution in [2.75, 3.05) is 33.9 Å². The number of aliphatic hydroxyl groups excluding tert-OH is 1. The molecule has 11 heteroatoms. The van der Waals surface area contributed by atoms with Crippen molar-refractivity contribution in [2.45, 2.75) is 27.2 Å². The molecule has 4 rings (SSSR count). The Morgan fingerprint density at radius 1 is 0.896 bits per heavy atom. The van der Waals surface area contributed by atoms with Crippen LogP contribution < -0.4 is 20.7 Å². The number of thiazole rings is 1. The number of hydrogen-bond acceptors (Lipinski definition) is 8. The summed E-state index contributed by atoms with van der Waals surface area (Å²) in [6, 6.07) is 25.2. The van der Waals surface area contributed by atoms with Gasteiger partial charge in [-0.3, -0.25) is 14.4 Å². The molecule has 0 radical (unpaired) electrons. The number of aromatic nitrogens is 1. The highest BCUT2D eigenvalue weighted by atomic mass is 32.1. The topological polar surface area (TPSA) is 150 Å². The first kappa shape index (κ1) is 38.9. The van der Waals surface area contributed by atoms with Crippen LogP contribution in [0, 0.1) is 0 Å². The summed E-state index contributed by atoms with van der Waals surface area (Å²) in [5.41, 5.74) is 5.64. The van der Waals surface area contributed by atoms with Crippen LogP contribution >= 0.6 is 11.3 Å². The maximum atomic E-state index is 12.3. The number of carboxylic acids is 1. The lowest BCUT2D eigenvalue weighted by Gasteiger charge is -2.08. The number of ether oxygens (including phenoxy) is 1. The second-order valence-corrected chi connectivity index (χ2v) is 10.6. The van der Waals surface area contributed by atoms with Crippen LogP contribution in [0.25, 0.3) is 33.5 Å². The molecule has 10 nitrogen and oxygen atoms in total. The van der Waals surface area contributed by atoms with Crippen LogP contribution in [0.5, 0.6) is 5.75 Å². The van der Waals surface area contributed by atoms with Gasteiger partial charge in [-0.15, -0.1) is 11.3 Å². The van der Waals surface area contributed by atoms with Gasteiger partial charge in [0.25, 0.3) is 5.91 Å². The molecule has 0 aliphatic carbocycles. The average Bonchev–Trinajstić information content (AvgIpc) is 3.57. The molecule has 0 bridgehead atoms. The largest absolute Gasteiger partial charge is 0.484 e. The number of aliphatic carboxylic acids is 1. The van der Waals surface area contributed by atoms with Gasteiger partial charge in [0, 0.05) is 32.3 Å². The van der Waals surface area contributed by atoms with Crippen molar-refractivity contribution in [2.24, 2.45) is 0 Å². The molecule has 5 N–H and O–H groups in total. The lowest BCUT2D eigenvalue weighted by Crippen LogP contribution is -2.33. The van der Waals surface area contributed by atoms with E-state index in [2.05, 4.69) is 16.0 Å². The minimum atomic E-state index is -1.12. The van der Waals surface area contributed by atoms with E-state index in [-0.39, 0.29) is 12.5 Å². The van der Waals surface area contributed by atoms with Crippen molar-refractivity contribution < 1.29 is 29.3 Å². The Hall–Kier alpha value is -5.26. The van der Waals surface area contributed by atoms with E-state index in [4.69, 9.17) is 19.9 Å². The van der Waals surface area contributed by atoms with E-state index in [0.29, 0.717) is 12.3 Å². The Labute approximate surface area is 286 Å². The van der Waals surface area contributed by atoms with Crippen LogP contribution in [-0.2, 0) is 20.8 Å². The number of carboxylic acid groups (broad SMARTS) is 1. The summed E-state index contributed by atoms with van der Waals surface area (Å²) in [6.07, 6.45) is 6.08. The molecule has 254 valence electrons. The number of carbonyl (C=O) groups is 3. The standard InChI is InChI=1S/C34H34N4O5S.C2H6.CH4O/c1-3-28(35-2)34-38-32(25-14-16-27(17-15-25)43-22-30(40)37-21-31(41)42)33(44-34)26-12-9-24(10-13-26)11-18-29(39)36-20-19-23-7-5-4-6-8-23;2*1-2/h3-18,35H,19-22H2,1-2H3,(H,36,39)(H,37,40)(H,41,42);1-2H3;2H,1H3/b18-11+,28-3-;;. The molecule has 0 spiro atoms. The third kappa shape index (κ3) is 12.5. The van der Waals surface area contributed by atoms with Gasteiger partial charge in [0.2, 0.25) is 5.91 Å². The molecule has 0 atom stereocenters. The van der Waals surface area contributed by atoms with Crippen molar-refractivity contribution in [1.29, 1.82) is 0 Å². The number of aliphatic hydroxyl groups is 1. The van der Waals surface area contributed by atoms with Crippen LogP contribution in [-0.4, -0.2) is 66.8 Å². The van der Waals surface area contributed by atoms with Gasteiger partial charge in [0.05, 0.1) is 16.3 Å². The maximum absolute atomic E-state index is 12.3. The fourth-order valence-corrected chi connectivity index (χ4v) is 5.41. The second-order valence-electron chi connectivity index (χ2n) is 9.61. The maximum Gasteiger partial charge on any atom is 0.322 e. The van der Waals surface area contributed by atoms with Crippen molar-refractivity contribution >= 4 is 40.9 Å². The molecule has 3 aromatic carbocycles. The monoisotopic (exact) mass is 672 g/mol. The van der Waals surface area contributed by atoms with Crippen molar-refractivity contribution in [3.05, 3.63) is 107 Å². The molecule has 0 saturated carbocycles. The number of nitrogens with zero attached hydrogens (tertiary/aromatic N) is 1. The van der Waals surface area contributed by atoms with Gasteiger partial charge in [0.15, 0.2) is 6.61 Å². The van der Waals surface area contributed by atoms with E-state index < -0.39 is 18.4 Å². The van der Waals surface area contributed by atoms with Gasteiger partial charge < -0.3 is 30.9 Å². The molecule has 2 amide bonds. The summed E-state index contributed by atoms with van der Waals surface area (Å²) in [5.74, 6) is -1.31. The van der Waals surface area contributed by atoms with Crippen molar-refractivity contribution in [1.82, 2.24) is 20.9 Å². The van der Waals surface area contributed by atoms with Crippen LogP contribution in [0.15, 0.2) is 91.0 Å². The van der Waals surface area contributed by atoms with Crippen LogP contribution in [0.3, 0.4) is 0 Å². The zero-order valence-corrected chi connectivity index (χ0v) is 28.8.